The summed E-state index contributed by atoms with van der Waals surface area (Å²) in [6.45, 7) is 0. The third kappa shape index (κ3) is 3.56. The first-order valence-electron chi connectivity index (χ1n) is 6.20. The van der Waals surface area contributed by atoms with Gasteiger partial charge in [-0.05, 0) is 35.7 Å². The van der Waals surface area contributed by atoms with Crippen molar-refractivity contribution in [1.29, 1.82) is 0 Å². The zero-order chi connectivity index (χ0) is 14.7. The van der Waals surface area contributed by atoms with Crippen LogP contribution in [0.1, 0.15) is 16.1 Å². The van der Waals surface area contributed by atoms with Gasteiger partial charge in [-0.25, -0.2) is 4.98 Å². The van der Waals surface area contributed by atoms with Gasteiger partial charge in [-0.2, -0.15) is 0 Å². The quantitative estimate of drug-likeness (QED) is 0.443. The van der Waals surface area contributed by atoms with Crippen LogP contribution in [0.15, 0.2) is 57.7 Å². The first-order chi connectivity index (χ1) is 10.2. The zero-order valence-electron chi connectivity index (χ0n) is 10.8. The molecule has 2 nitrogen and oxygen atoms in total. The molecule has 2 aromatic heterocycles. The van der Waals surface area contributed by atoms with E-state index < -0.39 is 0 Å². The lowest BCUT2D eigenvalue weighted by Crippen LogP contribution is -1.93. The Morgan fingerprint density at radius 1 is 1.19 bits per heavy atom. The Kier molecular flexibility index (Phi) is 4.43. The van der Waals surface area contributed by atoms with E-state index in [1.807, 2.05) is 41.1 Å². The summed E-state index contributed by atoms with van der Waals surface area (Å²) in [5.41, 5.74) is 1.47. The van der Waals surface area contributed by atoms with Gasteiger partial charge in [0.1, 0.15) is 5.01 Å². The molecule has 21 heavy (non-hydrogen) atoms. The van der Waals surface area contributed by atoms with E-state index in [9.17, 15) is 4.79 Å². The molecule has 0 amide bonds. The monoisotopic (exact) mass is 375 g/mol. The number of hydrogen-bond donors (Lipinski definition) is 0. The van der Waals surface area contributed by atoms with Gasteiger partial charge in [0.25, 0.3) is 0 Å². The SMILES string of the molecule is O=C(C=Cc1csc(-c2cccs2)n1)c1cccc(Br)c1. The predicted molar refractivity (Wildman–Crippen MR) is 92.9 cm³/mol. The van der Waals surface area contributed by atoms with Crippen LogP contribution >= 0.6 is 38.6 Å². The van der Waals surface area contributed by atoms with Crippen molar-refractivity contribution in [3.05, 3.63) is 69.0 Å². The molecule has 0 unspecified atom stereocenters. The van der Waals surface area contributed by atoms with Gasteiger partial charge in [0, 0.05) is 15.4 Å². The molecule has 5 heteroatoms. The van der Waals surface area contributed by atoms with Crippen LogP contribution in [0.3, 0.4) is 0 Å². The van der Waals surface area contributed by atoms with Gasteiger partial charge in [-0.15, -0.1) is 22.7 Å². The number of carbonyl (C=O) groups is 1. The van der Waals surface area contributed by atoms with Crippen LogP contribution < -0.4 is 0 Å². The van der Waals surface area contributed by atoms with Gasteiger partial charge in [0.2, 0.25) is 0 Å². The molecule has 0 spiro atoms. The average molecular weight is 376 g/mol. The molecular weight excluding hydrogens is 366 g/mol. The second-order valence-electron chi connectivity index (χ2n) is 4.26. The van der Waals surface area contributed by atoms with Crippen molar-refractivity contribution in [2.75, 3.05) is 0 Å². The Bertz CT molecular complexity index is 790. The van der Waals surface area contributed by atoms with Crippen molar-refractivity contribution in [3.8, 4) is 9.88 Å². The Hall–Kier alpha value is -1.56. The highest BCUT2D eigenvalue weighted by atomic mass is 79.9. The molecule has 1 aromatic carbocycles. The maximum Gasteiger partial charge on any atom is 0.185 e. The summed E-state index contributed by atoms with van der Waals surface area (Å²) in [4.78, 5) is 17.7. The Balaban J connectivity index is 1.76. The number of carbonyl (C=O) groups excluding carboxylic acids is 1. The van der Waals surface area contributed by atoms with E-state index in [1.54, 1.807) is 40.9 Å². The molecule has 0 aliphatic rings. The molecule has 0 atom stereocenters. The molecule has 0 N–H and O–H groups in total. The van der Waals surface area contributed by atoms with Gasteiger partial charge in [-0.3, -0.25) is 4.79 Å². The zero-order valence-corrected chi connectivity index (χ0v) is 14.0. The summed E-state index contributed by atoms with van der Waals surface area (Å²) < 4.78 is 0.899. The highest BCUT2D eigenvalue weighted by molar-refractivity contribution is 9.10. The van der Waals surface area contributed by atoms with Crippen molar-refractivity contribution in [1.82, 2.24) is 4.98 Å². The molecule has 0 aliphatic heterocycles. The van der Waals surface area contributed by atoms with E-state index in [0.29, 0.717) is 5.56 Å². The number of rotatable bonds is 4. The van der Waals surface area contributed by atoms with E-state index >= 15 is 0 Å². The molecule has 0 aliphatic carbocycles. The second kappa shape index (κ2) is 6.47. The summed E-state index contributed by atoms with van der Waals surface area (Å²) >= 11 is 6.62. The summed E-state index contributed by atoms with van der Waals surface area (Å²) in [7, 11) is 0. The largest absolute Gasteiger partial charge is 0.289 e. The third-order valence-electron chi connectivity index (χ3n) is 2.77. The van der Waals surface area contributed by atoms with Gasteiger partial charge in [0.15, 0.2) is 5.78 Å². The molecule has 2 heterocycles. The molecule has 0 bridgehead atoms. The van der Waals surface area contributed by atoms with Crippen molar-refractivity contribution in [2.24, 2.45) is 0 Å². The fourth-order valence-electron chi connectivity index (χ4n) is 1.78. The number of nitrogens with zero attached hydrogens (tertiary/aromatic N) is 1. The number of benzene rings is 1. The number of hydrogen-bond acceptors (Lipinski definition) is 4. The maximum atomic E-state index is 12.1. The van der Waals surface area contributed by atoms with Crippen LogP contribution in [0.2, 0.25) is 0 Å². The lowest BCUT2D eigenvalue weighted by Gasteiger charge is -1.95. The van der Waals surface area contributed by atoms with E-state index in [2.05, 4.69) is 20.9 Å². The highest BCUT2D eigenvalue weighted by Crippen LogP contribution is 2.28. The molecule has 3 aromatic rings. The average Bonchev–Trinajstić information content (AvgIpc) is 3.15. The van der Waals surface area contributed by atoms with Gasteiger partial charge in [-0.1, -0.05) is 34.1 Å². The molecular formula is C16H10BrNOS2. The number of ketones is 1. The fraction of sp³-hybridized carbons (Fsp3) is 0. The standard InChI is InChI=1S/C16H10BrNOS2/c17-12-4-1-3-11(9-12)14(19)7-6-13-10-21-16(18-13)15-5-2-8-20-15/h1-10H. The van der Waals surface area contributed by atoms with Crippen LogP contribution in [0.25, 0.3) is 16.0 Å². The lowest BCUT2D eigenvalue weighted by molar-refractivity contribution is 0.104. The number of halogens is 1. The first kappa shape index (κ1) is 14.4. The fourth-order valence-corrected chi connectivity index (χ4v) is 3.78. The van der Waals surface area contributed by atoms with Crippen LogP contribution in [-0.4, -0.2) is 10.8 Å². The Labute approximate surface area is 138 Å². The van der Waals surface area contributed by atoms with Crippen molar-refractivity contribution >= 4 is 50.5 Å². The van der Waals surface area contributed by atoms with E-state index in [-0.39, 0.29) is 5.78 Å². The first-order valence-corrected chi connectivity index (χ1v) is 8.75. The summed E-state index contributed by atoms with van der Waals surface area (Å²) in [6.07, 6.45) is 3.33. The molecule has 0 radical (unpaired) electrons. The number of thiazole rings is 1. The number of thiophene rings is 1. The minimum absolute atomic E-state index is 0.0260. The van der Waals surface area contributed by atoms with Crippen LogP contribution in [0.5, 0.6) is 0 Å². The summed E-state index contributed by atoms with van der Waals surface area (Å²) in [5.74, 6) is -0.0260. The van der Waals surface area contributed by atoms with Crippen molar-refractivity contribution < 1.29 is 4.79 Å². The second-order valence-corrected chi connectivity index (χ2v) is 6.98. The molecule has 3 rings (SSSR count). The van der Waals surface area contributed by atoms with E-state index in [1.165, 1.54) is 0 Å². The molecule has 0 saturated carbocycles. The van der Waals surface area contributed by atoms with Crippen LogP contribution in [-0.2, 0) is 0 Å². The summed E-state index contributed by atoms with van der Waals surface area (Å²) in [6, 6.07) is 11.4. The minimum atomic E-state index is -0.0260. The maximum absolute atomic E-state index is 12.1. The number of aromatic nitrogens is 1. The molecule has 0 saturated heterocycles. The lowest BCUT2D eigenvalue weighted by atomic mass is 10.1. The number of allylic oxidation sites excluding steroid dienone is 1. The van der Waals surface area contributed by atoms with Gasteiger partial charge >= 0.3 is 0 Å². The van der Waals surface area contributed by atoms with Crippen molar-refractivity contribution in [3.63, 3.8) is 0 Å². The normalized spacial score (nSPS) is 11.1. The molecule has 0 fully saturated rings. The predicted octanol–water partition coefficient (Wildman–Crippen LogP) is 5.53. The van der Waals surface area contributed by atoms with Gasteiger partial charge < -0.3 is 0 Å². The van der Waals surface area contributed by atoms with E-state index in [4.69, 9.17) is 0 Å². The summed E-state index contributed by atoms with van der Waals surface area (Å²) in [5, 5.41) is 4.97. The van der Waals surface area contributed by atoms with Crippen LogP contribution in [0, 0.1) is 0 Å². The highest BCUT2D eigenvalue weighted by Gasteiger charge is 2.05. The van der Waals surface area contributed by atoms with E-state index in [0.717, 1.165) is 20.1 Å². The Morgan fingerprint density at radius 3 is 2.86 bits per heavy atom. The van der Waals surface area contributed by atoms with Crippen LogP contribution in [0.4, 0.5) is 0 Å². The topological polar surface area (TPSA) is 30.0 Å². The smallest absolute Gasteiger partial charge is 0.185 e. The van der Waals surface area contributed by atoms with Crippen molar-refractivity contribution in [2.45, 2.75) is 0 Å². The minimum Gasteiger partial charge on any atom is -0.289 e. The Morgan fingerprint density at radius 2 is 2.10 bits per heavy atom. The van der Waals surface area contributed by atoms with Gasteiger partial charge in [0.05, 0.1) is 10.6 Å². The third-order valence-corrected chi connectivity index (χ3v) is 5.16. The molecule has 104 valence electrons.